The minimum absolute atomic E-state index is 0.0156. The van der Waals surface area contributed by atoms with Gasteiger partial charge in [-0.3, -0.25) is 4.79 Å². The Bertz CT molecular complexity index is 288. The van der Waals surface area contributed by atoms with E-state index in [2.05, 4.69) is 27.7 Å². The summed E-state index contributed by atoms with van der Waals surface area (Å²) in [5.74, 6) is 1.59. The lowest BCUT2D eigenvalue weighted by Gasteiger charge is -2.18. The molecular weight excluding hydrogens is 308 g/mol. The fourth-order valence-corrected chi connectivity index (χ4v) is 3.48. The number of carbonyl (C=O) groups is 1. The fourth-order valence-electron chi connectivity index (χ4n) is 3.48. The number of esters is 1. The van der Waals surface area contributed by atoms with Gasteiger partial charge in [-0.25, -0.2) is 0 Å². The van der Waals surface area contributed by atoms with Crippen LogP contribution in [-0.2, 0) is 9.53 Å². The van der Waals surface area contributed by atoms with Crippen LogP contribution in [0.2, 0.25) is 0 Å². The van der Waals surface area contributed by atoms with Crippen LogP contribution in [0.3, 0.4) is 0 Å². The Balaban J connectivity index is 4.00. The van der Waals surface area contributed by atoms with E-state index < -0.39 is 0 Å². The summed E-state index contributed by atoms with van der Waals surface area (Å²) >= 11 is 0. The molecule has 0 aromatic rings. The van der Waals surface area contributed by atoms with E-state index in [9.17, 15) is 4.79 Å². The monoisotopic (exact) mass is 354 g/mol. The molecule has 0 bridgehead atoms. The summed E-state index contributed by atoms with van der Waals surface area (Å²) in [5.41, 5.74) is 0. The van der Waals surface area contributed by atoms with Crippen LogP contribution in [0.15, 0.2) is 0 Å². The predicted molar refractivity (Wildman–Crippen MR) is 110 cm³/mol. The van der Waals surface area contributed by atoms with Crippen molar-refractivity contribution in [2.75, 3.05) is 6.61 Å². The molecule has 0 aromatic heterocycles. The molecule has 0 N–H and O–H groups in total. The second-order valence-corrected chi connectivity index (χ2v) is 8.01. The third kappa shape index (κ3) is 16.7. The van der Waals surface area contributed by atoms with Crippen molar-refractivity contribution in [3.8, 4) is 0 Å². The maximum absolute atomic E-state index is 11.9. The smallest absolute Gasteiger partial charge is 0.305 e. The quantitative estimate of drug-likeness (QED) is 0.186. The molecule has 0 radical (unpaired) electrons. The molecule has 0 amide bonds. The highest BCUT2D eigenvalue weighted by Gasteiger charge is 2.13. The molecule has 0 aliphatic heterocycles. The second kappa shape index (κ2) is 18.3. The summed E-state index contributed by atoms with van der Waals surface area (Å²) < 4.78 is 5.32. The van der Waals surface area contributed by atoms with Gasteiger partial charge in [-0.05, 0) is 24.7 Å². The largest absolute Gasteiger partial charge is 0.466 e. The van der Waals surface area contributed by atoms with Crippen LogP contribution in [-0.4, -0.2) is 12.6 Å². The van der Waals surface area contributed by atoms with Gasteiger partial charge < -0.3 is 4.74 Å². The van der Waals surface area contributed by atoms with Gasteiger partial charge in [-0.1, -0.05) is 105 Å². The van der Waals surface area contributed by atoms with E-state index in [1.807, 2.05) is 0 Å². The predicted octanol–water partition coefficient (Wildman–Crippen LogP) is 7.69. The Morgan fingerprint density at radius 2 is 1.28 bits per heavy atom. The normalized spacial score (nSPS) is 13.6. The van der Waals surface area contributed by atoms with Crippen LogP contribution >= 0.6 is 0 Å². The van der Waals surface area contributed by atoms with Crippen molar-refractivity contribution < 1.29 is 9.53 Å². The zero-order valence-electron chi connectivity index (χ0n) is 17.8. The van der Waals surface area contributed by atoms with E-state index in [1.165, 1.54) is 70.6 Å². The lowest BCUT2D eigenvalue weighted by molar-refractivity contribution is -0.144. The van der Waals surface area contributed by atoms with E-state index in [1.54, 1.807) is 0 Å². The first-order valence-electron chi connectivity index (χ1n) is 11.3. The van der Waals surface area contributed by atoms with Crippen LogP contribution < -0.4 is 0 Å². The van der Waals surface area contributed by atoms with Crippen molar-refractivity contribution >= 4 is 5.97 Å². The van der Waals surface area contributed by atoms with Gasteiger partial charge in [0, 0.05) is 6.42 Å². The second-order valence-electron chi connectivity index (χ2n) is 8.01. The van der Waals surface area contributed by atoms with Crippen LogP contribution in [0.5, 0.6) is 0 Å². The lowest BCUT2D eigenvalue weighted by Crippen LogP contribution is -2.10. The number of ether oxygens (including phenoxy) is 1. The van der Waals surface area contributed by atoms with E-state index >= 15 is 0 Å². The molecule has 0 aromatic carbocycles. The summed E-state index contributed by atoms with van der Waals surface area (Å²) in [4.78, 5) is 11.9. The van der Waals surface area contributed by atoms with Crippen molar-refractivity contribution in [2.45, 2.75) is 124 Å². The van der Waals surface area contributed by atoms with Crippen molar-refractivity contribution in [3.63, 3.8) is 0 Å². The Morgan fingerprint density at radius 1 is 0.720 bits per heavy atom. The zero-order valence-corrected chi connectivity index (χ0v) is 17.8. The number of hydrogen-bond donors (Lipinski definition) is 0. The molecule has 25 heavy (non-hydrogen) atoms. The molecular formula is C23H46O2. The highest BCUT2D eigenvalue weighted by molar-refractivity contribution is 5.69. The number of hydrogen-bond acceptors (Lipinski definition) is 2. The number of rotatable bonds is 18. The van der Waals surface area contributed by atoms with E-state index in [4.69, 9.17) is 4.74 Å². The number of unbranched alkanes of at least 4 members (excludes halogenated alkanes) is 5. The first-order chi connectivity index (χ1) is 12.1. The molecule has 0 spiro atoms. The fraction of sp³-hybridized carbons (Fsp3) is 0.957. The van der Waals surface area contributed by atoms with Crippen LogP contribution in [0.4, 0.5) is 0 Å². The van der Waals surface area contributed by atoms with Crippen LogP contribution in [0, 0.1) is 11.8 Å². The third-order valence-electron chi connectivity index (χ3n) is 5.34. The summed E-state index contributed by atoms with van der Waals surface area (Å²) in [6.07, 6.45) is 18.4. The van der Waals surface area contributed by atoms with Gasteiger partial charge in [0.2, 0.25) is 0 Å². The standard InChI is InChI=1S/C23H46O2/c1-5-8-11-14-21(4)15-13-17-22(16-12-9-6-2)18-19-23(24)25-20-10-7-3/h21-22H,5-20H2,1-4H3. The average molecular weight is 355 g/mol. The molecule has 2 atom stereocenters. The molecule has 0 saturated heterocycles. The molecule has 0 heterocycles. The first kappa shape index (κ1) is 24.5. The van der Waals surface area contributed by atoms with Gasteiger partial charge in [-0.15, -0.1) is 0 Å². The van der Waals surface area contributed by atoms with E-state index in [0.717, 1.165) is 25.2 Å². The minimum atomic E-state index is 0.0156. The van der Waals surface area contributed by atoms with E-state index in [0.29, 0.717) is 18.9 Å². The summed E-state index contributed by atoms with van der Waals surface area (Å²) in [6, 6.07) is 0. The zero-order chi connectivity index (χ0) is 18.8. The highest BCUT2D eigenvalue weighted by Crippen LogP contribution is 2.24. The van der Waals surface area contributed by atoms with Crippen molar-refractivity contribution in [1.82, 2.24) is 0 Å². The van der Waals surface area contributed by atoms with Gasteiger partial charge in [0.25, 0.3) is 0 Å². The molecule has 0 rings (SSSR count). The van der Waals surface area contributed by atoms with Crippen LogP contribution in [0.25, 0.3) is 0 Å². The maximum atomic E-state index is 11.9. The summed E-state index contributed by atoms with van der Waals surface area (Å²) in [7, 11) is 0. The topological polar surface area (TPSA) is 26.3 Å². The van der Waals surface area contributed by atoms with Gasteiger partial charge in [-0.2, -0.15) is 0 Å². The van der Waals surface area contributed by atoms with Crippen molar-refractivity contribution in [2.24, 2.45) is 11.8 Å². The van der Waals surface area contributed by atoms with Gasteiger partial charge in [0.15, 0.2) is 0 Å². The van der Waals surface area contributed by atoms with Gasteiger partial charge >= 0.3 is 5.97 Å². The SMILES string of the molecule is CCCCCC(C)CCCC(CCCCC)CCC(=O)OCCCC. The third-order valence-corrected chi connectivity index (χ3v) is 5.34. The van der Waals surface area contributed by atoms with E-state index in [-0.39, 0.29) is 5.97 Å². The summed E-state index contributed by atoms with van der Waals surface area (Å²) in [5, 5.41) is 0. The lowest BCUT2D eigenvalue weighted by atomic mass is 9.89. The Morgan fingerprint density at radius 3 is 1.92 bits per heavy atom. The molecule has 2 unspecified atom stereocenters. The Hall–Kier alpha value is -0.530. The van der Waals surface area contributed by atoms with Gasteiger partial charge in [0.1, 0.15) is 0 Å². The molecule has 2 heteroatoms. The Labute approximate surface area is 158 Å². The van der Waals surface area contributed by atoms with Crippen molar-refractivity contribution in [3.05, 3.63) is 0 Å². The highest BCUT2D eigenvalue weighted by atomic mass is 16.5. The summed E-state index contributed by atoms with van der Waals surface area (Å²) in [6.45, 7) is 9.68. The first-order valence-corrected chi connectivity index (χ1v) is 11.3. The minimum Gasteiger partial charge on any atom is -0.466 e. The molecule has 0 fully saturated rings. The number of carbonyl (C=O) groups excluding carboxylic acids is 1. The molecule has 150 valence electrons. The maximum Gasteiger partial charge on any atom is 0.305 e. The molecule has 0 saturated carbocycles. The van der Waals surface area contributed by atoms with Crippen LogP contribution in [0.1, 0.15) is 124 Å². The molecule has 0 aliphatic carbocycles. The van der Waals surface area contributed by atoms with Crippen molar-refractivity contribution in [1.29, 1.82) is 0 Å². The average Bonchev–Trinajstić information content (AvgIpc) is 2.60. The van der Waals surface area contributed by atoms with Gasteiger partial charge in [0.05, 0.1) is 6.61 Å². The Kier molecular flexibility index (Phi) is 17.9. The molecule has 2 nitrogen and oxygen atoms in total. The molecule has 0 aliphatic rings.